The zero-order chi connectivity index (χ0) is 21.2. The van der Waals surface area contributed by atoms with Crippen LogP contribution in [-0.4, -0.2) is 38.3 Å². The van der Waals surface area contributed by atoms with Crippen LogP contribution in [-0.2, 0) is 4.79 Å². The van der Waals surface area contributed by atoms with Crippen molar-refractivity contribution in [1.29, 1.82) is 0 Å². The lowest BCUT2D eigenvalue weighted by molar-refractivity contribution is -0.117. The molecule has 10 heteroatoms. The quantitative estimate of drug-likeness (QED) is 0.450. The average Bonchev–Trinajstić information content (AvgIpc) is 3.08. The number of alkyl halides is 1. The fourth-order valence-corrected chi connectivity index (χ4v) is 4.52. The monoisotopic (exact) mass is 428 g/mol. The van der Waals surface area contributed by atoms with Crippen LogP contribution in [0.3, 0.4) is 0 Å². The molecule has 0 spiro atoms. The first-order chi connectivity index (χ1) is 14.3. The maximum atomic E-state index is 14.9. The molecule has 7 nitrogen and oxygen atoms in total. The predicted octanol–water partition coefficient (Wildman–Crippen LogP) is 4.28. The fourth-order valence-electron chi connectivity index (χ4n) is 3.62. The number of carbonyl (C=O) groups is 2. The van der Waals surface area contributed by atoms with Gasteiger partial charge >= 0.3 is 5.97 Å². The van der Waals surface area contributed by atoms with Crippen molar-refractivity contribution in [3.8, 4) is 11.1 Å². The number of amides is 1. The van der Waals surface area contributed by atoms with Gasteiger partial charge in [0.15, 0.2) is 5.13 Å². The third-order valence-electron chi connectivity index (χ3n) is 5.25. The molecule has 2 aromatic heterocycles. The molecule has 4 aromatic rings. The highest BCUT2D eigenvalue weighted by Gasteiger charge is 2.43. The van der Waals surface area contributed by atoms with E-state index in [2.05, 4.69) is 20.5 Å². The van der Waals surface area contributed by atoms with Gasteiger partial charge in [-0.25, -0.2) is 18.6 Å². The van der Waals surface area contributed by atoms with Crippen LogP contribution < -0.4 is 5.32 Å². The fraction of sp³-hybridized carbons (Fsp3) is 0.200. The van der Waals surface area contributed by atoms with E-state index in [0.717, 1.165) is 4.70 Å². The molecule has 0 aliphatic heterocycles. The molecular formula is C20H14F2N4O3S. The molecule has 2 heterocycles. The van der Waals surface area contributed by atoms with Gasteiger partial charge in [0.05, 0.1) is 27.8 Å². The summed E-state index contributed by atoms with van der Waals surface area (Å²) in [6.45, 7) is 1.52. The molecule has 3 N–H and O–H groups in total. The molecule has 0 unspecified atom stereocenters. The maximum absolute atomic E-state index is 14.9. The number of nitrogens with zero attached hydrogens (tertiary/aromatic N) is 2. The Kier molecular flexibility index (Phi) is 4.07. The van der Waals surface area contributed by atoms with Gasteiger partial charge in [-0.05, 0) is 42.2 Å². The molecule has 1 aliphatic carbocycles. The second kappa shape index (κ2) is 6.56. The largest absolute Gasteiger partial charge is 0.478 e. The molecule has 0 radical (unpaired) electrons. The van der Waals surface area contributed by atoms with Crippen molar-refractivity contribution in [2.45, 2.75) is 19.5 Å². The number of hydrogen-bond donors (Lipinski definition) is 3. The number of H-pyrrole nitrogens is 1. The van der Waals surface area contributed by atoms with Gasteiger partial charge in [0, 0.05) is 5.39 Å². The summed E-state index contributed by atoms with van der Waals surface area (Å²) in [5.74, 6) is -3.19. The van der Waals surface area contributed by atoms with E-state index in [1.54, 1.807) is 18.2 Å². The second-order valence-corrected chi connectivity index (χ2v) is 8.23. The molecule has 0 saturated heterocycles. The van der Waals surface area contributed by atoms with Gasteiger partial charge in [0.25, 0.3) is 0 Å². The minimum absolute atomic E-state index is 0.114. The van der Waals surface area contributed by atoms with Gasteiger partial charge in [-0.15, -0.1) is 0 Å². The number of benzene rings is 2. The first-order valence-electron chi connectivity index (χ1n) is 9.09. The maximum Gasteiger partial charge on any atom is 0.340 e. The first-order valence-corrected chi connectivity index (χ1v) is 9.91. The highest BCUT2D eigenvalue weighted by atomic mass is 32.1. The van der Waals surface area contributed by atoms with E-state index >= 15 is 0 Å². The second-order valence-electron chi connectivity index (χ2n) is 7.20. The van der Waals surface area contributed by atoms with Gasteiger partial charge in [0.1, 0.15) is 17.6 Å². The number of hydrogen-bond acceptors (Lipinski definition) is 5. The van der Waals surface area contributed by atoms with Gasteiger partial charge in [-0.2, -0.15) is 5.10 Å². The molecule has 1 saturated carbocycles. The zero-order valence-electron chi connectivity index (χ0n) is 15.5. The normalized spacial score (nSPS) is 18.1. The van der Waals surface area contributed by atoms with Gasteiger partial charge in [-0.3, -0.25) is 9.89 Å². The topological polar surface area (TPSA) is 108 Å². The number of aromatic carboxylic acids is 1. The summed E-state index contributed by atoms with van der Waals surface area (Å²) < 4.78 is 28.7. The van der Waals surface area contributed by atoms with Crippen LogP contribution in [0.1, 0.15) is 22.3 Å². The van der Waals surface area contributed by atoms with Crippen LogP contribution in [0.4, 0.5) is 13.9 Å². The number of nitrogens with one attached hydrogen (secondary N) is 2. The summed E-state index contributed by atoms with van der Waals surface area (Å²) in [6.07, 6.45) is 0.614. The standard InChI is InChI=1S/C20H14F2N4O3S/c1-7-14(10-6-23-26-17(10)15(16(7)22)19(28)29)8-2-3-12-13(4-8)30-20(24-12)25-18(27)9-5-11(9)21/h2-4,6,9,11H,5H2,1H3,(H,23,26)(H,28,29)(H,24,25,27)/t9-,11+/m1/s1. The van der Waals surface area contributed by atoms with Crippen LogP contribution >= 0.6 is 11.3 Å². The predicted molar refractivity (Wildman–Crippen MR) is 108 cm³/mol. The SMILES string of the molecule is Cc1c(F)c(C(=O)O)c2[nH]ncc2c1-c1ccc2nc(NC(=O)[C@@H]3C[C@@H]3F)sc2c1. The number of fused-ring (bicyclic) bond motifs is 2. The van der Waals surface area contributed by atoms with E-state index in [-0.39, 0.29) is 23.4 Å². The molecule has 2 atom stereocenters. The Morgan fingerprint density at radius 1 is 1.37 bits per heavy atom. The van der Waals surface area contributed by atoms with E-state index in [1.807, 2.05) is 0 Å². The molecule has 30 heavy (non-hydrogen) atoms. The first kappa shape index (κ1) is 18.6. The summed E-state index contributed by atoms with van der Waals surface area (Å²) >= 11 is 1.23. The number of halogens is 2. The van der Waals surface area contributed by atoms with E-state index in [0.29, 0.717) is 27.2 Å². The summed E-state index contributed by atoms with van der Waals surface area (Å²) in [5.41, 5.74) is 1.69. The Labute approximate surface area is 171 Å². The van der Waals surface area contributed by atoms with Crippen molar-refractivity contribution in [2.75, 3.05) is 5.32 Å². The van der Waals surface area contributed by atoms with E-state index < -0.39 is 29.4 Å². The molecule has 152 valence electrons. The summed E-state index contributed by atoms with van der Waals surface area (Å²) in [6, 6.07) is 5.29. The number of rotatable bonds is 4. The van der Waals surface area contributed by atoms with Crippen molar-refractivity contribution in [3.05, 3.63) is 41.3 Å². The number of carboxylic acids is 1. The number of thiazole rings is 1. The lowest BCUT2D eigenvalue weighted by Gasteiger charge is -2.11. The Bertz CT molecular complexity index is 1360. The zero-order valence-corrected chi connectivity index (χ0v) is 16.3. The average molecular weight is 428 g/mol. The minimum Gasteiger partial charge on any atom is -0.478 e. The molecule has 1 amide bonds. The molecule has 5 rings (SSSR count). The number of aromatic nitrogens is 3. The molecule has 1 aliphatic rings. The third kappa shape index (κ3) is 2.83. The minimum atomic E-state index is -1.37. The summed E-state index contributed by atoms with van der Waals surface area (Å²) in [4.78, 5) is 27.8. The van der Waals surface area contributed by atoms with E-state index in [4.69, 9.17) is 0 Å². The van der Waals surface area contributed by atoms with E-state index in [9.17, 15) is 23.5 Å². The number of aromatic amines is 1. The van der Waals surface area contributed by atoms with Crippen LogP contribution in [0.5, 0.6) is 0 Å². The van der Waals surface area contributed by atoms with Crippen LogP contribution in [0.25, 0.3) is 32.2 Å². The van der Waals surface area contributed by atoms with Crippen molar-refractivity contribution in [2.24, 2.45) is 5.92 Å². The smallest absolute Gasteiger partial charge is 0.340 e. The molecule has 1 fully saturated rings. The molecule has 2 aromatic carbocycles. The Balaban J connectivity index is 1.60. The summed E-state index contributed by atoms with van der Waals surface area (Å²) in [7, 11) is 0. The lowest BCUT2D eigenvalue weighted by Crippen LogP contribution is -2.14. The van der Waals surface area contributed by atoms with Crippen LogP contribution in [0.15, 0.2) is 24.4 Å². The van der Waals surface area contributed by atoms with Crippen molar-refractivity contribution in [3.63, 3.8) is 0 Å². The Morgan fingerprint density at radius 2 is 2.13 bits per heavy atom. The van der Waals surface area contributed by atoms with Crippen molar-refractivity contribution in [1.82, 2.24) is 15.2 Å². The van der Waals surface area contributed by atoms with Gasteiger partial charge in [-0.1, -0.05) is 17.4 Å². The lowest BCUT2D eigenvalue weighted by atomic mass is 9.93. The van der Waals surface area contributed by atoms with Crippen molar-refractivity contribution < 1.29 is 23.5 Å². The summed E-state index contributed by atoms with van der Waals surface area (Å²) in [5, 5.41) is 19.4. The van der Waals surface area contributed by atoms with Crippen LogP contribution in [0.2, 0.25) is 0 Å². The Hall–Kier alpha value is -3.40. The molecule has 0 bridgehead atoms. The Morgan fingerprint density at radius 3 is 2.83 bits per heavy atom. The third-order valence-corrected chi connectivity index (χ3v) is 6.19. The van der Waals surface area contributed by atoms with E-state index in [1.165, 1.54) is 24.5 Å². The van der Waals surface area contributed by atoms with Gasteiger partial charge in [0.2, 0.25) is 5.91 Å². The van der Waals surface area contributed by atoms with Gasteiger partial charge < -0.3 is 10.4 Å². The molecular weight excluding hydrogens is 414 g/mol. The van der Waals surface area contributed by atoms with Crippen molar-refractivity contribution >= 4 is 49.5 Å². The van der Waals surface area contributed by atoms with Crippen LogP contribution in [0, 0.1) is 18.7 Å². The highest BCUT2D eigenvalue weighted by Crippen LogP contribution is 2.39. The number of anilines is 1. The number of carbonyl (C=O) groups excluding carboxylic acids is 1. The highest BCUT2D eigenvalue weighted by molar-refractivity contribution is 7.22. The number of carboxylic acid groups (broad SMARTS) is 1.